The number of rotatable bonds is 3. The summed E-state index contributed by atoms with van der Waals surface area (Å²) < 4.78 is 42.9. The topological polar surface area (TPSA) is 80.1 Å². The molecule has 1 N–H and O–H groups in total. The highest BCUT2D eigenvalue weighted by atomic mass is 32.2. The molecule has 1 fully saturated rings. The van der Waals surface area contributed by atoms with Crippen LogP contribution in [-0.2, 0) is 20.5 Å². The lowest BCUT2D eigenvalue weighted by molar-refractivity contribution is -0.137. The Morgan fingerprint density at radius 3 is 2.71 bits per heavy atom. The summed E-state index contributed by atoms with van der Waals surface area (Å²) in [6.07, 6.45) is -2.60. The first-order valence-corrected chi connectivity index (χ1v) is 7.19. The molecule has 0 spiro atoms. The molecular weight excluding hydrogens is 347 g/mol. The number of nitrogens with one attached hydrogen (secondary N) is 1. The summed E-state index contributed by atoms with van der Waals surface area (Å²) in [7, 11) is 1.16. The molecule has 0 aliphatic carbocycles. The fraction of sp³-hybridized carbons (Fsp3) is 0.143. The van der Waals surface area contributed by atoms with Gasteiger partial charge in [-0.05, 0) is 17.8 Å². The van der Waals surface area contributed by atoms with Crippen molar-refractivity contribution in [1.29, 1.82) is 0 Å². The van der Waals surface area contributed by atoms with E-state index >= 15 is 0 Å². The minimum Gasteiger partial charge on any atom is -0.466 e. The number of thioether (sulfide) groups is 1. The number of hydrogen-bond donors (Lipinski definition) is 1. The van der Waals surface area contributed by atoms with Gasteiger partial charge in [-0.3, -0.25) is 10.1 Å². The van der Waals surface area contributed by atoms with Crippen LogP contribution in [0.5, 0.6) is 0 Å². The lowest BCUT2D eigenvalue weighted by atomic mass is 10.1. The van der Waals surface area contributed by atoms with Crippen LogP contribution in [-0.4, -0.2) is 30.4 Å². The standard InChI is InChI=1S/C14H10F3N3O3S/c1-23-11(21)6-10-12(22)19-13(24-10)20-18-7-8-4-2-3-5-9(8)14(15,16)17/h2-7H,1H3,(H,19,20,22)/b10-6+,18-7?. The largest absolute Gasteiger partial charge is 0.466 e. The van der Waals surface area contributed by atoms with Crippen molar-refractivity contribution in [3.8, 4) is 0 Å². The number of amidine groups is 1. The molecule has 1 aromatic carbocycles. The number of esters is 1. The molecule has 10 heteroatoms. The van der Waals surface area contributed by atoms with Crippen LogP contribution in [0.25, 0.3) is 0 Å². The van der Waals surface area contributed by atoms with Gasteiger partial charge in [-0.25, -0.2) is 4.79 Å². The van der Waals surface area contributed by atoms with Gasteiger partial charge in [0.1, 0.15) is 0 Å². The third-order valence-electron chi connectivity index (χ3n) is 2.71. The van der Waals surface area contributed by atoms with Crippen molar-refractivity contribution < 1.29 is 27.5 Å². The predicted molar refractivity (Wildman–Crippen MR) is 82.3 cm³/mol. The number of ether oxygens (including phenoxy) is 1. The van der Waals surface area contributed by atoms with Crippen LogP contribution < -0.4 is 5.32 Å². The van der Waals surface area contributed by atoms with Gasteiger partial charge in [0, 0.05) is 11.6 Å². The molecule has 6 nitrogen and oxygen atoms in total. The summed E-state index contributed by atoms with van der Waals surface area (Å²) in [5.74, 6) is -1.29. The van der Waals surface area contributed by atoms with Gasteiger partial charge in [0.25, 0.3) is 5.91 Å². The highest BCUT2D eigenvalue weighted by Crippen LogP contribution is 2.31. The summed E-state index contributed by atoms with van der Waals surface area (Å²) in [5, 5.41) is 9.55. The van der Waals surface area contributed by atoms with Crippen molar-refractivity contribution in [2.45, 2.75) is 6.18 Å². The average molecular weight is 357 g/mol. The third-order valence-corrected chi connectivity index (χ3v) is 3.61. The number of carbonyl (C=O) groups excluding carboxylic acids is 2. The molecule has 0 saturated carbocycles. The maximum Gasteiger partial charge on any atom is 0.417 e. The number of alkyl halides is 3. The first kappa shape index (κ1) is 17.7. The number of halogens is 3. The Balaban J connectivity index is 2.15. The second kappa shape index (κ2) is 7.30. The van der Waals surface area contributed by atoms with Crippen LogP contribution in [0, 0.1) is 0 Å². The first-order chi connectivity index (χ1) is 11.3. The summed E-state index contributed by atoms with van der Waals surface area (Å²) in [6, 6.07) is 4.88. The van der Waals surface area contributed by atoms with Gasteiger partial charge < -0.3 is 4.74 Å². The van der Waals surface area contributed by atoms with Crippen molar-refractivity contribution in [1.82, 2.24) is 5.32 Å². The number of carbonyl (C=O) groups is 2. The Kier molecular flexibility index (Phi) is 5.39. The number of hydrogen-bond acceptors (Lipinski definition) is 6. The second-order valence-electron chi connectivity index (χ2n) is 4.32. The van der Waals surface area contributed by atoms with E-state index < -0.39 is 23.6 Å². The summed E-state index contributed by atoms with van der Waals surface area (Å²) in [4.78, 5) is 22.7. The second-order valence-corrected chi connectivity index (χ2v) is 5.35. The van der Waals surface area contributed by atoms with Crippen molar-refractivity contribution in [3.05, 3.63) is 46.4 Å². The van der Waals surface area contributed by atoms with Gasteiger partial charge >= 0.3 is 12.1 Å². The average Bonchev–Trinajstić information content (AvgIpc) is 2.86. The van der Waals surface area contributed by atoms with Crippen LogP contribution in [0.2, 0.25) is 0 Å². The molecule has 1 amide bonds. The molecule has 126 valence electrons. The zero-order valence-electron chi connectivity index (χ0n) is 12.1. The van der Waals surface area contributed by atoms with E-state index in [-0.39, 0.29) is 15.6 Å². The van der Waals surface area contributed by atoms with E-state index in [9.17, 15) is 22.8 Å². The van der Waals surface area contributed by atoms with Gasteiger partial charge in [0.15, 0.2) is 5.17 Å². The monoisotopic (exact) mass is 357 g/mol. The van der Waals surface area contributed by atoms with Gasteiger partial charge in [0.2, 0.25) is 0 Å². The van der Waals surface area contributed by atoms with E-state index in [2.05, 4.69) is 20.3 Å². The van der Waals surface area contributed by atoms with Crippen LogP contribution in [0.4, 0.5) is 13.2 Å². The smallest absolute Gasteiger partial charge is 0.417 e. The van der Waals surface area contributed by atoms with E-state index in [4.69, 9.17) is 0 Å². The molecule has 1 aliphatic heterocycles. The molecule has 1 heterocycles. The summed E-state index contributed by atoms with van der Waals surface area (Å²) in [6.45, 7) is 0. The minimum atomic E-state index is -4.51. The van der Waals surface area contributed by atoms with Crippen molar-refractivity contribution in [3.63, 3.8) is 0 Å². The Labute approximate surface area is 138 Å². The van der Waals surface area contributed by atoms with E-state index in [1.165, 1.54) is 18.2 Å². The third kappa shape index (κ3) is 4.44. The zero-order chi connectivity index (χ0) is 17.7. The molecule has 0 atom stereocenters. The van der Waals surface area contributed by atoms with E-state index in [0.717, 1.165) is 37.2 Å². The number of methoxy groups -OCH3 is 1. The Hall–Kier alpha value is -2.62. The summed E-state index contributed by atoms with van der Waals surface area (Å²) in [5.41, 5.74) is -1.00. The maximum absolute atomic E-state index is 12.8. The van der Waals surface area contributed by atoms with E-state index in [1.54, 1.807) is 0 Å². The number of nitrogens with zero attached hydrogens (tertiary/aromatic N) is 2. The van der Waals surface area contributed by atoms with Crippen LogP contribution in [0.15, 0.2) is 45.4 Å². The summed E-state index contributed by atoms with van der Waals surface area (Å²) >= 11 is 0.821. The molecular formula is C14H10F3N3O3S. The normalized spacial score (nSPS) is 18.4. The first-order valence-electron chi connectivity index (χ1n) is 6.37. The lowest BCUT2D eigenvalue weighted by Gasteiger charge is -2.08. The molecule has 0 radical (unpaired) electrons. The molecule has 24 heavy (non-hydrogen) atoms. The molecule has 1 aliphatic rings. The number of benzene rings is 1. The minimum absolute atomic E-state index is 0.0379. The quantitative estimate of drug-likeness (QED) is 0.390. The van der Waals surface area contributed by atoms with Gasteiger partial charge in [-0.2, -0.15) is 18.3 Å². The molecule has 0 unspecified atom stereocenters. The molecule has 0 aromatic heterocycles. The maximum atomic E-state index is 12.8. The highest BCUT2D eigenvalue weighted by molar-refractivity contribution is 8.18. The molecule has 1 saturated heterocycles. The number of amides is 1. The van der Waals surface area contributed by atoms with Crippen molar-refractivity contribution in [2.24, 2.45) is 10.2 Å². The Morgan fingerprint density at radius 1 is 1.33 bits per heavy atom. The molecule has 2 rings (SSSR count). The van der Waals surface area contributed by atoms with Crippen molar-refractivity contribution >= 4 is 35.0 Å². The predicted octanol–water partition coefficient (Wildman–Crippen LogP) is 2.32. The fourth-order valence-corrected chi connectivity index (χ4v) is 2.39. The van der Waals surface area contributed by atoms with Crippen molar-refractivity contribution in [2.75, 3.05) is 7.11 Å². The van der Waals surface area contributed by atoms with Gasteiger partial charge in [0.05, 0.1) is 23.8 Å². The SMILES string of the molecule is COC(=O)/C=C1/S/C(=N\N=Cc2ccccc2C(F)(F)F)NC1=O. The fourth-order valence-electron chi connectivity index (χ4n) is 1.65. The van der Waals surface area contributed by atoms with Gasteiger partial charge in [-0.1, -0.05) is 18.2 Å². The Bertz CT molecular complexity index is 757. The van der Waals surface area contributed by atoms with Crippen LogP contribution in [0.3, 0.4) is 0 Å². The van der Waals surface area contributed by atoms with Crippen LogP contribution in [0.1, 0.15) is 11.1 Å². The Morgan fingerprint density at radius 2 is 2.04 bits per heavy atom. The lowest BCUT2D eigenvalue weighted by Crippen LogP contribution is -2.19. The zero-order valence-corrected chi connectivity index (χ0v) is 12.9. The molecule has 1 aromatic rings. The molecule has 0 bridgehead atoms. The van der Waals surface area contributed by atoms with E-state index in [0.29, 0.717) is 0 Å². The van der Waals surface area contributed by atoms with E-state index in [1.807, 2.05) is 0 Å². The van der Waals surface area contributed by atoms with Crippen LogP contribution >= 0.6 is 11.8 Å². The highest BCUT2D eigenvalue weighted by Gasteiger charge is 2.32. The van der Waals surface area contributed by atoms with Gasteiger partial charge in [-0.15, -0.1) is 5.10 Å².